The first-order valence-electron chi connectivity index (χ1n) is 7.13. The molecular weight excluding hydrogens is 360 g/mol. The van der Waals surface area contributed by atoms with Crippen molar-refractivity contribution in [2.24, 2.45) is 0 Å². The molecule has 0 radical (unpaired) electrons. The fourth-order valence-corrected chi connectivity index (χ4v) is 2.95. The van der Waals surface area contributed by atoms with Gasteiger partial charge in [-0.25, -0.2) is 4.79 Å². The summed E-state index contributed by atoms with van der Waals surface area (Å²) in [5.74, 6) is -0.0624. The van der Waals surface area contributed by atoms with E-state index in [1.165, 1.54) is 0 Å². The average Bonchev–Trinajstić information content (AvgIpc) is 2.50. The average molecular weight is 375 g/mol. The zero-order valence-corrected chi connectivity index (χ0v) is 14.1. The van der Waals surface area contributed by atoms with Crippen LogP contribution in [0.15, 0.2) is 46.9 Å². The molecule has 0 spiro atoms. The zero-order chi connectivity index (χ0) is 16.4. The van der Waals surface area contributed by atoms with Crippen LogP contribution in [0.25, 0.3) is 0 Å². The quantitative estimate of drug-likeness (QED) is 0.662. The van der Waals surface area contributed by atoms with Crippen LogP contribution in [-0.2, 0) is 9.59 Å². The second kappa shape index (κ2) is 6.42. The maximum atomic E-state index is 12.3. The van der Waals surface area contributed by atoms with Gasteiger partial charge in [-0.1, -0.05) is 28.1 Å². The maximum absolute atomic E-state index is 12.3. The molecule has 118 valence electrons. The van der Waals surface area contributed by atoms with Gasteiger partial charge in [-0.15, -0.1) is 0 Å². The van der Waals surface area contributed by atoms with Crippen LogP contribution in [0.3, 0.4) is 0 Å². The lowest BCUT2D eigenvalue weighted by Gasteiger charge is -2.29. The Hall–Kier alpha value is -2.34. The number of halogens is 1. The van der Waals surface area contributed by atoms with Crippen LogP contribution in [0.2, 0.25) is 0 Å². The van der Waals surface area contributed by atoms with Crippen molar-refractivity contribution in [1.29, 1.82) is 0 Å². The zero-order valence-electron chi connectivity index (χ0n) is 12.5. The van der Waals surface area contributed by atoms with Gasteiger partial charge in [0.25, 0.3) is 0 Å². The number of rotatable bonds is 3. The molecule has 0 atom stereocenters. The first-order chi connectivity index (χ1) is 11.0. The predicted molar refractivity (Wildman–Crippen MR) is 91.8 cm³/mol. The molecule has 5 nitrogen and oxygen atoms in total. The Balaban J connectivity index is 1.74. The lowest BCUT2D eigenvalue weighted by molar-refractivity contribution is -0.133. The summed E-state index contributed by atoms with van der Waals surface area (Å²) < 4.78 is 6.14. The van der Waals surface area contributed by atoms with Crippen LogP contribution in [0.4, 0.5) is 11.4 Å². The molecule has 3 rings (SSSR count). The first kappa shape index (κ1) is 15.6. The Morgan fingerprint density at radius 3 is 2.87 bits per heavy atom. The number of ether oxygens (including phenoxy) is 1. The van der Waals surface area contributed by atoms with Crippen molar-refractivity contribution < 1.29 is 14.3 Å². The molecule has 0 bridgehead atoms. The van der Waals surface area contributed by atoms with E-state index in [0.29, 0.717) is 5.75 Å². The molecule has 1 N–H and O–H groups in total. The molecule has 1 amide bonds. The van der Waals surface area contributed by atoms with E-state index >= 15 is 0 Å². The summed E-state index contributed by atoms with van der Waals surface area (Å²) in [6.45, 7) is 2.07. The van der Waals surface area contributed by atoms with Crippen molar-refractivity contribution in [3.63, 3.8) is 0 Å². The van der Waals surface area contributed by atoms with Gasteiger partial charge in [-0.05, 0) is 42.8 Å². The predicted octanol–water partition coefficient (Wildman–Crippen LogP) is 3.12. The second-order valence-corrected chi connectivity index (χ2v) is 6.22. The number of aryl methyl sites for hydroxylation is 1. The molecule has 6 heteroatoms. The highest BCUT2D eigenvalue weighted by Crippen LogP contribution is 2.31. The molecule has 0 saturated heterocycles. The second-order valence-electron chi connectivity index (χ2n) is 5.31. The Kier molecular flexibility index (Phi) is 4.34. The van der Waals surface area contributed by atoms with Crippen LogP contribution >= 0.6 is 15.9 Å². The summed E-state index contributed by atoms with van der Waals surface area (Å²) in [5.41, 5.74) is 2.46. The Bertz CT molecular complexity index is 776. The topological polar surface area (TPSA) is 58.6 Å². The van der Waals surface area contributed by atoms with Gasteiger partial charge < -0.3 is 15.0 Å². The van der Waals surface area contributed by atoms with Gasteiger partial charge in [0.05, 0.1) is 12.2 Å². The fourth-order valence-electron chi connectivity index (χ4n) is 2.47. The van der Waals surface area contributed by atoms with Gasteiger partial charge in [0, 0.05) is 10.2 Å². The number of hydrogen-bond acceptors (Lipinski definition) is 4. The largest absolute Gasteiger partial charge is 0.423 e. The highest BCUT2D eigenvalue weighted by Gasteiger charge is 2.25. The smallest absolute Gasteiger partial charge is 0.331 e. The molecule has 1 aliphatic rings. The number of hydrogen-bond donors (Lipinski definition) is 1. The monoisotopic (exact) mass is 374 g/mol. The summed E-state index contributed by atoms with van der Waals surface area (Å²) in [7, 11) is 0. The van der Waals surface area contributed by atoms with E-state index in [9.17, 15) is 9.59 Å². The number of para-hydroxylation sites is 2. The van der Waals surface area contributed by atoms with E-state index in [0.717, 1.165) is 21.4 Å². The molecule has 0 aliphatic carbocycles. The van der Waals surface area contributed by atoms with Gasteiger partial charge in [0.1, 0.15) is 6.54 Å². The van der Waals surface area contributed by atoms with Crippen LogP contribution < -0.4 is 15.0 Å². The van der Waals surface area contributed by atoms with E-state index in [-0.39, 0.29) is 25.0 Å². The molecule has 0 fully saturated rings. The number of benzene rings is 2. The molecule has 1 heterocycles. The number of nitrogens with zero attached hydrogens (tertiary/aromatic N) is 1. The SMILES string of the molecule is Cc1cc(Br)ccc1NC(=O)CN1CC(=O)Oc2ccccc21. The minimum Gasteiger partial charge on any atom is -0.423 e. The fraction of sp³-hybridized carbons (Fsp3) is 0.176. The number of anilines is 2. The maximum Gasteiger partial charge on any atom is 0.331 e. The number of fused-ring (bicyclic) bond motifs is 1. The Labute approximate surface area is 142 Å². The third-order valence-corrected chi connectivity index (χ3v) is 4.04. The number of carbonyl (C=O) groups excluding carboxylic acids is 2. The molecular formula is C17H15BrN2O3. The molecule has 0 unspecified atom stereocenters. The third kappa shape index (κ3) is 3.53. The lowest BCUT2D eigenvalue weighted by Crippen LogP contribution is -2.41. The summed E-state index contributed by atoms with van der Waals surface area (Å²) in [6.07, 6.45) is 0. The van der Waals surface area contributed by atoms with Crippen LogP contribution in [0.1, 0.15) is 5.56 Å². The van der Waals surface area contributed by atoms with Crippen LogP contribution in [0, 0.1) is 6.92 Å². The van der Waals surface area contributed by atoms with Crippen molar-refractivity contribution in [2.75, 3.05) is 23.3 Å². The number of esters is 1. The summed E-state index contributed by atoms with van der Waals surface area (Å²) in [4.78, 5) is 25.7. The van der Waals surface area contributed by atoms with E-state index in [2.05, 4.69) is 21.2 Å². The van der Waals surface area contributed by atoms with Crippen molar-refractivity contribution in [3.05, 3.63) is 52.5 Å². The van der Waals surface area contributed by atoms with Gasteiger partial charge in [-0.3, -0.25) is 4.79 Å². The summed E-state index contributed by atoms with van der Waals surface area (Å²) in [6, 6.07) is 12.8. The Morgan fingerprint density at radius 1 is 1.30 bits per heavy atom. The molecule has 0 saturated carbocycles. The van der Waals surface area contributed by atoms with Crippen molar-refractivity contribution >= 4 is 39.2 Å². The normalized spacial score (nSPS) is 13.3. The van der Waals surface area contributed by atoms with E-state index in [1.54, 1.807) is 17.0 Å². The number of carbonyl (C=O) groups is 2. The molecule has 2 aromatic rings. The van der Waals surface area contributed by atoms with Crippen molar-refractivity contribution in [3.8, 4) is 5.75 Å². The van der Waals surface area contributed by atoms with Gasteiger partial charge in [-0.2, -0.15) is 0 Å². The van der Waals surface area contributed by atoms with Gasteiger partial charge >= 0.3 is 5.97 Å². The lowest BCUT2D eigenvalue weighted by atomic mass is 10.2. The standard InChI is InChI=1S/C17H15BrN2O3/c1-11-8-12(18)6-7-13(11)19-16(21)9-20-10-17(22)23-15-5-3-2-4-14(15)20/h2-8H,9-10H2,1H3,(H,19,21). The summed E-state index contributed by atoms with van der Waals surface area (Å²) in [5, 5.41) is 2.88. The minimum atomic E-state index is -0.365. The molecule has 2 aromatic carbocycles. The van der Waals surface area contributed by atoms with Gasteiger partial charge in [0.15, 0.2) is 5.75 Å². The van der Waals surface area contributed by atoms with E-state index in [4.69, 9.17) is 4.74 Å². The number of nitrogens with one attached hydrogen (secondary N) is 1. The first-order valence-corrected chi connectivity index (χ1v) is 7.93. The van der Waals surface area contributed by atoms with Gasteiger partial charge in [0.2, 0.25) is 5.91 Å². The summed E-state index contributed by atoms with van der Waals surface area (Å²) >= 11 is 3.39. The number of amides is 1. The van der Waals surface area contributed by atoms with E-state index < -0.39 is 0 Å². The van der Waals surface area contributed by atoms with Crippen molar-refractivity contribution in [1.82, 2.24) is 0 Å². The van der Waals surface area contributed by atoms with E-state index in [1.807, 2.05) is 37.3 Å². The highest BCUT2D eigenvalue weighted by atomic mass is 79.9. The van der Waals surface area contributed by atoms with Crippen LogP contribution in [0.5, 0.6) is 5.75 Å². The molecule has 23 heavy (non-hydrogen) atoms. The molecule has 0 aromatic heterocycles. The highest BCUT2D eigenvalue weighted by molar-refractivity contribution is 9.10. The van der Waals surface area contributed by atoms with Crippen molar-refractivity contribution in [2.45, 2.75) is 6.92 Å². The third-order valence-electron chi connectivity index (χ3n) is 3.55. The molecule has 1 aliphatic heterocycles. The minimum absolute atomic E-state index is 0.0593. The Morgan fingerprint density at radius 2 is 2.09 bits per heavy atom. The van der Waals surface area contributed by atoms with Crippen LogP contribution in [-0.4, -0.2) is 25.0 Å².